The molecule has 0 spiro atoms. The summed E-state index contributed by atoms with van der Waals surface area (Å²) in [4.78, 5) is 0. The maximum atomic E-state index is 9.91. The van der Waals surface area contributed by atoms with Crippen LogP contribution < -0.4 is 5.73 Å². The molecule has 0 fully saturated rings. The molecule has 0 amide bonds. The summed E-state index contributed by atoms with van der Waals surface area (Å²) < 4.78 is 6.14. The van der Waals surface area contributed by atoms with Crippen molar-refractivity contribution >= 4 is 6.08 Å². The minimum atomic E-state index is -0.163. The molecule has 2 aliphatic rings. The van der Waals surface area contributed by atoms with Crippen molar-refractivity contribution in [2.24, 2.45) is 17.1 Å². The Labute approximate surface area is 179 Å². The Kier molecular flexibility index (Phi) is 5.26. The van der Waals surface area contributed by atoms with Gasteiger partial charge in [0.2, 0.25) is 5.88 Å². The summed E-state index contributed by atoms with van der Waals surface area (Å²) in [6.07, 6.45) is 4.02. The van der Waals surface area contributed by atoms with Crippen molar-refractivity contribution in [3.63, 3.8) is 0 Å². The normalized spacial score (nSPS) is 23.1. The van der Waals surface area contributed by atoms with E-state index in [0.717, 1.165) is 35.3 Å². The average molecular weight is 397 g/mol. The van der Waals surface area contributed by atoms with E-state index in [1.54, 1.807) is 0 Å². The van der Waals surface area contributed by atoms with Gasteiger partial charge in [-0.3, -0.25) is 0 Å². The van der Waals surface area contributed by atoms with Crippen LogP contribution in [0.2, 0.25) is 0 Å². The molecule has 0 saturated heterocycles. The van der Waals surface area contributed by atoms with E-state index < -0.39 is 0 Å². The molecule has 2 aromatic rings. The van der Waals surface area contributed by atoms with Crippen molar-refractivity contribution < 1.29 is 4.74 Å². The molecule has 2 atom stereocenters. The second kappa shape index (κ2) is 7.88. The van der Waals surface area contributed by atoms with Gasteiger partial charge in [0.15, 0.2) is 0 Å². The summed E-state index contributed by atoms with van der Waals surface area (Å²) in [6, 6.07) is 22.8. The topological polar surface area (TPSA) is 59.0 Å². The van der Waals surface area contributed by atoms with E-state index in [1.165, 1.54) is 5.57 Å². The van der Waals surface area contributed by atoms with Crippen molar-refractivity contribution in [1.29, 1.82) is 5.26 Å². The highest BCUT2D eigenvalue weighted by molar-refractivity contribution is 5.62. The predicted octanol–water partition coefficient (Wildman–Crippen LogP) is 6.29. The number of nitrogens with zero attached hydrogens (tertiary/aromatic N) is 1. The zero-order valence-electron chi connectivity index (χ0n) is 17.9. The van der Waals surface area contributed by atoms with Crippen molar-refractivity contribution in [1.82, 2.24) is 0 Å². The number of nitriles is 1. The summed E-state index contributed by atoms with van der Waals surface area (Å²) in [6.45, 7) is 6.87. The molecule has 2 N–H and O–H groups in total. The monoisotopic (exact) mass is 396 g/mol. The van der Waals surface area contributed by atoms with Gasteiger partial charge in [0, 0.05) is 5.92 Å². The van der Waals surface area contributed by atoms with Crippen molar-refractivity contribution in [2.75, 3.05) is 0 Å². The molecule has 152 valence electrons. The van der Waals surface area contributed by atoms with Gasteiger partial charge in [-0.25, -0.2) is 0 Å². The number of nitrogens with two attached hydrogens (primary N) is 1. The Morgan fingerprint density at radius 3 is 2.23 bits per heavy atom. The SMILES string of the molecule is CC(C)(C)C1CC2=C(OC(N)=C(C#N)C2c2ccccc2)/C(=C/c2ccccc2)C1. The molecule has 0 radical (unpaired) electrons. The van der Waals surface area contributed by atoms with Crippen LogP contribution >= 0.6 is 0 Å². The van der Waals surface area contributed by atoms with Crippen molar-refractivity contribution in [2.45, 2.75) is 39.5 Å². The fourth-order valence-electron chi connectivity index (χ4n) is 4.48. The van der Waals surface area contributed by atoms with E-state index in [-0.39, 0.29) is 17.2 Å². The van der Waals surface area contributed by atoms with Crippen LogP contribution in [-0.2, 0) is 4.74 Å². The summed E-state index contributed by atoms with van der Waals surface area (Å²) in [5.41, 5.74) is 11.5. The number of allylic oxidation sites excluding steroid dienone is 3. The standard InChI is InChI=1S/C27H28N2O/c1-27(2,3)21-15-20(14-18-10-6-4-7-11-18)25-22(16-21)24(19-12-8-5-9-13-19)23(17-28)26(29)30-25/h4-14,21,24H,15-16,29H2,1-3H3/b20-14+. The van der Waals surface area contributed by atoms with E-state index in [0.29, 0.717) is 11.5 Å². The number of benzene rings is 2. The number of hydrogen-bond donors (Lipinski definition) is 1. The fraction of sp³-hybridized carbons (Fsp3) is 0.296. The van der Waals surface area contributed by atoms with E-state index in [1.807, 2.05) is 36.4 Å². The number of rotatable bonds is 2. The highest BCUT2D eigenvalue weighted by Gasteiger charge is 2.41. The van der Waals surface area contributed by atoms with Crippen LogP contribution in [0.25, 0.3) is 6.08 Å². The largest absolute Gasteiger partial charge is 0.440 e. The lowest BCUT2D eigenvalue weighted by Gasteiger charge is -2.41. The molecule has 2 unspecified atom stereocenters. The highest BCUT2D eigenvalue weighted by Crippen LogP contribution is 2.51. The second-order valence-electron chi connectivity index (χ2n) is 9.24. The van der Waals surface area contributed by atoms with Crippen LogP contribution in [0.5, 0.6) is 0 Å². The molecule has 1 aliphatic heterocycles. The molecule has 4 rings (SSSR count). The first-order chi connectivity index (χ1) is 14.4. The van der Waals surface area contributed by atoms with Gasteiger partial charge in [0.25, 0.3) is 0 Å². The van der Waals surface area contributed by atoms with E-state index in [9.17, 15) is 5.26 Å². The Morgan fingerprint density at radius 2 is 1.63 bits per heavy atom. The van der Waals surface area contributed by atoms with Crippen LogP contribution in [0.15, 0.2) is 89.0 Å². The van der Waals surface area contributed by atoms with Gasteiger partial charge in [-0.2, -0.15) is 5.26 Å². The smallest absolute Gasteiger partial charge is 0.205 e. The first kappa shape index (κ1) is 20.0. The lowest BCUT2D eigenvalue weighted by Crippen LogP contribution is -2.31. The van der Waals surface area contributed by atoms with E-state index >= 15 is 0 Å². The quantitative estimate of drug-likeness (QED) is 0.649. The fourth-order valence-corrected chi connectivity index (χ4v) is 4.48. The highest BCUT2D eigenvalue weighted by atomic mass is 16.5. The molecule has 1 aliphatic carbocycles. The summed E-state index contributed by atoms with van der Waals surface area (Å²) in [5.74, 6) is 1.35. The first-order valence-electron chi connectivity index (χ1n) is 10.5. The maximum absolute atomic E-state index is 9.91. The zero-order valence-corrected chi connectivity index (χ0v) is 17.9. The van der Waals surface area contributed by atoms with Crippen LogP contribution in [0.3, 0.4) is 0 Å². The lowest BCUT2D eigenvalue weighted by molar-refractivity contribution is 0.200. The molecule has 2 aromatic carbocycles. The Morgan fingerprint density at radius 1 is 1.00 bits per heavy atom. The summed E-state index contributed by atoms with van der Waals surface area (Å²) in [5, 5.41) is 9.91. The van der Waals surface area contributed by atoms with Gasteiger partial charge >= 0.3 is 0 Å². The van der Waals surface area contributed by atoms with Crippen LogP contribution in [0.4, 0.5) is 0 Å². The van der Waals surface area contributed by atoms with Gasteiger partial charge in [-0.1, -0.05) is 81.4 Å². The minimum absolute atomic E-state index is 0.134. The molecule has 0 saturated carbocycles. The molecule has 0 aromatic heterocycles. The van der Waals surface area contributed by atoms with Gasteiger partial charge in [-0.05, 0) is 52.5 Å². The van der Waals surface area contributed by atoms with Gasteiger partial charge in [-0.15, -0.1) is 0 Å². The second-order valence-corrected chi connectivity index (χ2v) is 9.24. The zero-order chi connectivity index (χ0) is 21.3. The average Bonchev–Trinajstić information content (AvgIpc) is 2.73. The Hall–Kier alpha value is -3.25. The maximum Gasteiger partial charge on any atom is 0.205 e. The van der Waals surface area contributed by atoms with Crippen LogP contribution in [-0.4, -0.2) is 0 Å². The minimum Gasteiger partial charge on any atom is -0.440 e. The predicted molar refractivity (Wildman–Crippen MR) is 121 cm³/mol. The van der Waals surface area contributed by atoms with Crippen molar-refractivity contribution in [3.8, 4) is 6.07 Å². The van der Waals surface area contributed by atoms with Crippen LogP contribution in [0, 0.1) is 22.7 Å². The summed E-state index contributed by atoms with van der Waals surface area (Å²) >= 11 is 0. The Bertz CT molecular complexity index is 1060. The van der Waals surface area contributed by atoms with E-state index in [2.05, 4.69) is 57.2 Å². The molecular weight excluding hydrogens is 368 g/mol. The molecule has 0 bridgehead atoms. The third kappa shape index (κ3) is 3.78. The Balaban J connectivity index is 1.90. The van der Waals surface area contributed by atoms with E-state index in [4.69, 9.17) is 10.5 Å². The van der Waals surface area contributed by atoms with Crippen molar-refractivity contribution in [3.05, 3.63) is 100 Å². The molecule has 3 nitrogen and oxygen atoms in total. The van der Waals surface area contributed by atoms with Gasteiger partial charge < -0.3 is 10.5 Å². The summed E-state index contributed by atoms with van der Waals surface area (Å²) in [7, 11) is 0. The van der Waals surface area contributed by atoms with Gasteiger partial charge in [0.05, 0.1) is 0 Å². The molecular formula is C27H28N2O. The molecule has 30 heavy (non-hydrogen) atoms. The number of ether oxygens (including phenoxy) is 1. The molecule has 3 heteroatoms. The number of hydrogen-bond acceptors (Lipinski definition) is 3. The molecule has 1 heterocycles. The third-order valence-electron chi connectivity index (χ3n) is 6.25. The van der Waals surface area contributed by atoms with Crippen LogP contribution in [0.1, 0.15) is 50.7 Å². The van der Waals surface area contributed by atoms with Gasteiger partial charge in [0.1, 0.15) is 17.4 Å². The first-order valence-corrected chi connectivity index (χ1v) is 10.5. The lowest BCUT2D eigenvalue weighted by atomic mass is 9.66. The third-order valence-corrected chi connectivity index (χ3v) is 6.25.